The van der Waals surface area contributed by atoms with Crippen molar-refractivity contribution in [2.24, 2.45) is 0 Å². The van der Waals surface area contributed by atoms with Gasteiger partial charge in [-0.25, -0.2) is 4.79 Å². The van der Waals surface area contributed by atoms with Crippen molar-refractivity contribution in [3.05, 3.63) is 11.8 Å². The summed E-state index contributed by atoms with van der Waals surface area (Å²) in [7, 11) is 0. The number of aliphatic hydroxyl groups is 2. The molecule has 0 aromatic carbocycles. The van der Waals surface area contributed by atoms with E-state index in [0.717, 1.165) is 4.90 Å². The number of carbonyl (C=O) groups is 1. The molecule has 0 saturated carbocycles. The highest BCUT2D eigenvalue weighted by Gasteiger charge is 2.13. The topological polar surface area (TPSA) is 81.0 Å². The van der Waals surface area contributed by atoms with Gasteiger partial charge in [-0.2, -0.15) is 0 Å². The molecule has 0 saturated heterocycles. The van der Waals surface area contributed by atoms with Crippen LogP contribution >= 0.6 is 0 Å². The van der Waals surface area contributed by atoms with Crippen LogP contribution in [0.25, 0.3) is 0 Å². The zero-order chi connectivity index (χ0) is 9.56. The molecule has 5 heteroatoms. The Morgan fingerprint density at radius 2 is 1.92 bits per heavy atom. The fraction of sp³-hybridized carbons (Fsp3) is 0.571. The molecule has 0 amide bonds. The number of rotatable bonds is 5. The molecule has 0 fully saturated rings. The molecule has 0 bridgehead atoms. The van der Waals surface area contributed by atoms with Crippen LogP contribution in [0.2, 0.25) is 0 Å². The lowest BCUT2D eigenvalue weighted by Gasteiger charge is -2.18. The largest absolute Gasteiger partial charge is 0.477 e. The Morgan fingerprint density at radius 1 is 1.42 bits per heavy atom. The van der Waals surface area contributed by atoms with Gasteiger partial charge in [0.1, 0.15) is 19.2 Å². The Morgan fingerprint density at radius 3 is 2.17 bits per heavy atom. The summed E-state index contributed by atoms with van der Waals surface area (Å²) in [5.41, 5.74) is -0.0810. The van der Waals surface area contributed by atoms with Gasteiger partial charge in [0.15, 0.2) is 0 Å². The van der Waals surface area contributed by atoms with E-state index in [1.54, 1.807) is 6.92 Å². The van der Waals surface area contributed by atoms with E-state index in [0.29, 0.717) is 6.42 Å². The van der Waals surface area contributed by atoms with Gasteiger partial charge in [0.05, 0.1) is 0 Å². The zero-order valence-corrected chi connectivity index (χ0v) is 6.90. The molecule has 0 aliphatic carbocycles. The predicted octanol–water partition coefficient (Wildman–Crippen LogP) is -0.433. The van der Waals surface area contributed by atoms with E-state index in [4.69, 9.17) is 15.3 Å². The van der Waals surface area contributed by atoms with Gasteiger partial charge in [-0.05, 0) is 6.42 Å². The molecule has 0 atom stereocenters. The first-order valence-corrected chi connectivity index (χ1v) is 3.57. The third-order valence-corrected chi connectivity index (χ3v) is 1.30. The SMILES string of the molecule is CC/C=C(\C(=O)O)N(CO)CO. The monoisotopic (exact) mass is 175 g/mol. The first kappa shape index (κ1) is 10.9. The second kappa shape index (κ2) is 5.56. The molecule has 12 heavy (non-hydrogen) atoms. The van der Waals surface area contributed by atoms with Gasteiger partial charge >= 0.3 is 5.97 Å². The van der Waals surface area contributed by atoms with Crippen molar-refractivity contribution in [3.8, 4) is 0 Å². The molecule has 0 unspecified atom stereocenters. The fourth-order valence-electron chi connectivity index (χ4n) is 0.742. The summed E-state index contributed by atoms with van der Waals surface area (Å²) in [4.78, 5) is 11.5. The fourth-order valence-corrected chi connectivity index (χ4v) is 0.742. The lowest BCUT2D eigenvalue weighted by Crippen LogP contribution is -2.29. The third kappa shape index (κ3) is 2.89. The maximum absolute atomic E-state index is 10.5. The molecule has 0 spiro atoms. The van der Waals surface area contributed by atoms with Crippen LogP contribution < -0.4 is 0 Å². The van der Waals surface area contributed by atoms with Gasteiger partial charge in [0.2, 0.25) is 0 Å². The van der Waals surface area contributed by atoms with E-state index < -0.39 is 19.4 Å². The second-order valence-corrected chi connectivity index (χ2v) is 2.13. The first-order valence-electron chi connectivity index (χ1n) is 3.57. The van der Waals surface area contributed by atoms with Gasteiger partial charge in [-0.15, -0.1) is 0 Å². The minimum atomic E-state index is -1.15. The van der Waals surface area contributed by atoms with Gasteiger partial charge in [0, 0.05) is 0 Å². The molecule has 0 rings (SSSR count). The summed E-state index contributed by atoms with van der Waals surface area (Å²) in [6.45, 7) is 0.763. The molecule has 0 aliphatic rings. The second-order valence-electron chi connectivity index (χ2n) is 2.13. The van der Waals surface area contributed by atoms with E-state index in [9.17, 15) is 4.79 Å². The van der Waals surface area contributed by atoms with E-state index in [-0.39, 0.29) is 5.70 Å². The average Bonchev–Trinajstić information content (AvgIpc) is 2.05. The van der Waals surface area contributed by atoms with Crippen LogP contribution in [0, 0.1) is 0 Å². The number of hydrogen-bond acceptors (Lipinski definition) is 4. The number of aliphatic carboxylic acids is 1. The maximum atomic E-state index is 10.5. The molecule has 0 aromatic rings. The highest BCUT2D eigenvalue weighted by atomic mass is 16.4. The van der Waals surface area contributed by atoms with Crippen LogP contribution in [0.4, 0.5) is 0 Å². The summed E-state index contributed by atoms with van der Waals surface area (Å²) in [6, 6.07) is 0. The molecule has 0 radical (unpaired) electrons. The lowest BCUT2D eigenvalue weighted by molar-refractivity contribution is -0.136. The smallest absolute Gasteiger partial charge is 0.351 e. The number of hydrogen-bond donors (Lipinski definition) is 3. The third-order valence-electron chi connectivity index (χ3n) is 1.30. The number of carboxylic acid groups (broad SMARTS) is 1. The van der Waals surface area contributed by atoms with Crippen LogP contribution in [0.15, 0.2) is 11.8 Å². The van der Waals surface area contributed by atoms with Crippen molar-refractivity contribution in [3.63, 3.8) is 0 Å². The number of aliphatic hydroxyl groups excluding tert-OH is 2. The highest BCUT2D eigenvalue weighted by Crippen LogP contribution is 2.03. The van der Waals surface area contributed by atoms with Crippen molar-refractivity contribution >= 4 is 5.97 Å². The summed E-state index contributed by atoms with van der Waals surface area (Å²) in [5.74, 6) is -1.15. The molecular formula is C7H13NO4. The van der Waals surface area contributed by atoms with Gasteiger partial charge < -0.3 is 20.2 Å². The summed E-state index contributed by atoms with van der Waals surface area (Å²) in [6.07, 6.45) is 1.97. The minimum Gasteiger partial charge on any atom is -0.477 e. The van der Waals surface area contributed by atoms with Crippen LogP contribution in [-0.4, -0.2) is 39.7 Å². The normalized spacial score (nSPS) is 11.4. The van der Waals surface area contributed by atoms with Crippen molar-refractivity contribution in [1.29, 1.82) is 0 Å². The van der Waals surface area contributed by atoms with Crippen LogP contribution in [0.5, 0.6) is 0 Å². The van der Waals surface area contributed by atoms with Crippen LogP contribution in [-0.2, 0) is 4.79 Å². The summed E-state index contributed by atoms with van der Waals surface area (Å²) < 4.78 is 0. The van der Waals surface area contributed by atoms with Crippen molar-refractivity contribution in [2.75, 3.05) is 13.5 Å². The van der Waals surface area contributed by atoms with E-state index in [1.807, 2.05) is 0 Å². The van der Waals surface area contributed by atoms with Crippen molar-refractivity contribution in [2.45, 2.75) is 13.3 Å². The van der Waals surface area contributed by atoms with Crippen molar-refractivity contribution in [1.82, 2.24) is 4.90 Å². The maximum Gasteiger partial charge on any atom is 0.351 e. The van der Waals surface area contributed by atoms with E-state index in [2.05, 4.69) is 0 Å². The first-order chi connectivity index (χ1) is 5.67. The Hall–Kier alpha value is -1.07. The number of nitrogens with zero attached hydrogens (tertiary/aromatic N) is 1. The molecule has 0 aromatic heterocycles. The van der Waals surface area contributed by atoms with Gasteiger partial charge in [-0.1, -0.05) is 13.0 Å². The zero-order valence-electron chi connectivity index (χ0n) is 6.90. The van der Waals surface area contributed by atoms with E-state index >= 15 is 0 Å². The molecular weight excluding hydrogens is 162 g/mol. The molecule has 70 valence electrons. The number of allylic oxidation sites excluding steroid dienone is 1. The Kier molecular flexibility index (Phi) is 5.07. The Labute approximate surface area is 70.5 Å². The van der Waals surface area contributed by atoms with Crippen molar-refractivity contribution < 1.29 is 20.1 Å². The standard InChI is InChI=1S/C7H13NO4/c1-2-3-6(7(11)12)8(4-9)5-10/h3,9-10H,2,4-5H2,1H3,(H,11,12)/b6-3+. The van der Waals surface area contributed by atoms with Crippen LogP contribution in [0.1, 0.15) is 13.3 Å². The quantitative estimate of drug-likeness (QED) is 0.390. The summed E-state index contributed by atoms with van der Waals surface area (Å²) >= 11 is 0. The van der Waals surface area contributed by atoms with Gasteiger partial charge in [-0.3, -0.25) is 0 Å². The number of carboxylic acids is 1. The molecule has 3 N–H and O–H groups in total. The molecule has 0 heterocycles. The van der Waals surface area contributed by atoms with Crippen LogP contribution in [0.3, 0.4) is 0 Å². The van der Waals surface area contributed by atoms with E-state index in [1.165, 1.54) is 6.08 Å². The molecule has 0 aliphatic heterocycles. The minimum absolute atomic E-state index is 0.0810. The average molecular weight is 175 g/mol. The highest BCUT2D eigenvalue weighted by molar-refractivity contribution is 5.85. The Bertz CT molecular complexity index is 174. The predicted molar refractivity (Wildman–Crippen MR) is 42.0 cm³/mol. The summed E-state index contributed by atoms with van der Waals surface area (Å²) in [5, 5.41) is 25.9. The molecule has 5 nitrogen and oxygen atoms in total. The van der Waals surface area contributed by atoms with Gasteiger partial charge in [0.25, 0.3) is 0 Å². The Balaban J connectivity index is 4.48. The lowest BCUT2D eigenvalue weighted by atomic mass is 10.3.